The highest BCUT2D eigenvalue weighted by Gasteiger charge is 2.35. The van der Waals surface area contributed by atoms with Crippen LogP contribution in [0.1, 0.15) is 20.8 Å². The molecule has 0 saturated carbocycles. The van der Waals surface area contributed by atoms with Crippen molar-refractivity contribution in [3.8, 4) is 0 Å². The summed E-state index contributed by atoms with van der Waals surface area (Å²) in [5.41, 5.74) is -1.61. The third-order valence-electron chi connectivity index (χ3n) is 3.54. The topological polar surface area (TPSA) is 63.7 Å². The molecule has 2 aromatic carbocycles. The first-order valence-electron chi connectivity index (χ1n) is 7.69. The highest BCUT2D eigenvalue weighted by atomic mass is 127. The number of anilines is 2. The second kappa shape index (κ2) is 8.25. The molecular weight excluding hydrogens is 584 g/mol. The molecule has 0 aliphatic carbocycles. The molecule has 0 atom stereocenters. The number of hydrogen-bond acceptors (Lipinski definition) is 3. The van der Waals surface area contributed by atoms with Gasteiger partial charge in [0.1, 0.15) is 17.7 Å². The van der Waals surface area contributed by atoms with Gasteiger partial charge in [0, 0.05) is 12.7 Å². The number of halogens is 4. The predicted octanol–water partition coefficient (Wildman–Crippen LogP) is 4.75. The van der Waals surface area contributed by atoms with Crippen molar-refractivity contribution in [2.75, 3.05) is 9.80 Å². The monoisotopic (exact) mass is 599 g/mol. The molecule has 0 aliphatic rings. The number of hydrogen-bond donors (Lipinski definition) is 0. The number of carbonyl (C=O) groups excluding carboxylic acids is 2. The van der Waals surface area contributed by atoms with E-state index >= 15 is 0 Å². The van der Waals surface area contributed by atoms with Gasteiger partial charge in [0.15, 0.2) is 0 Å². The van der Waals surface area contributed by atoms with Gasteiger partial charge in [-0.25, -0.2) is 18.5 Å². The summed E-state index contributed by atoms with van der Waals surface area (Å²) in [5.74, 6) is -1.61. The minimum Gasteiger partial charge on any atom is -0.529 e. The van der Waals surface area contributed by atoms with Crippen molar-refractivity contribution in [2.45, 2.75) is 26.3 Å². The number of urea groups is 1. The van der Waals surface area contributed by atoms with Crippen LogP contribution < -0.4 is 14.9 Å². The van der Waals surface area contributed by atoms with Gasteiger partial charge in [0.05, 0.1) is 11.4 Å². The SMILES string of the molecule is CC(C)(C)N(C(=O)N(C(=O)[O-])c1ccc(I)cc1F)c1ccc(I)cc1F. The van der Waals surface area contributed by atoms with E-state index in [0.717, 1.165) is 17.0 Å². The largest absolute Gasteiger partial charge is 0.529 e. The first-order valence-corrected chi connectivity index (χ1v) is 9.84. The molecule has 0 N–H and O–H groups in total. The molecule has 0 bridgehead atoms. The Morgan fingerprint density at radius 2 is 1.37 bits per heavy atom. The summed E-state index contributed by atoms with van der Waals surface area (Å²) in [6.45, 7) is 4.83. The van der Waals surface area contributed by atoms with E-state index in [4.69, 9.17) is 0 Å². The number of rotatable bonds is 2. The minimum absolute atomic E-state index is 0.120. The Bertz CT molecular complexity index is 901. The van der Waals surface area contributed by atoms with Crippen molar-refractivity contribution in [1.29, 1.82) is 0 Å². The van der Waals surface area contributed by atoms with Crippen molar-refractivity contribution >= 4 is 68.7 Å². The second-order valence-electron chi connectivity index (χ2n) is 6.58. The smallest absolute Gasteiger partial charge is 0.335 e. The van der Waals surface area contributed by atoms with Crippen molar-refractivity contribution < 1.29 is 23.5 Å². The number of carbonyl (C=O) groups is 2. The van der Waals surface area contributed by atoms with E-state index in [-0.39, 0.29) is 10.6 Å². The molecule has 0 fully saturated rings. The number of carboxylic acid groups (broad SMARTS) is 1. The molecule has 0 aromatic heterocycles. The van der Waals surface area contributed by atoms with Crippen LogP contribution in [0.25, 0.3) is 0 Å². The quantitative estimate of drug-likeness (QED) is 0.469. The average molecular weight is 599 g/mol. The summed E-state index contributed by atoms with van der Waals surface area (Å²) >= 11 is 3.77. The van der Waals surface area contributed by atoms with Crippen LogP contribution in [0, 0.1) is 18.8 Å². The Kier molecular flexibility index (Phi) is 6.66. The van der Waals surface area contributed by atoms with E-state index in [0.29, 0.717) is 7.14 Å². The number of imide groups is 1. The van der Waals surface area contributed by atoms with Gasteiger partial charge in [-0.05, 0) is 102 Å². The summed E-state index contributed by atoms with van der Waals surface area (Å²) in [6, 6.07) is 6.74. The van der Waals surface area contributed by atoms with Gasteiger partial charge in [0.2, 0.25) is 0 Å². The van der Waals surface area contributed by atoms with E-state index in [9.17, 15) is 23.5 Å². The first kappa shape index (κ1) is 21.8. The van der Waals surface area contributed by atoms with Crippen molar-refractivity contribution in [2.24, 2.45) is 0 Å². The highest BCUT2D eigenvalue weighted by Crippen LogP contribution is 2.31. The standard InChI is InChI=1S/C18H16F2I2N2O3/c1-18(2,3)24(15-7-5-11(22)9-13(15)20)16(25)23(17(26)27)14-6-4-10(21)8-12(14)19/h4-9H,1-3H3,(H,26,27)/p-1. The summed E-state index contributed by atoms with van der Waals surface area (Å²) in [4.78, 5) is 25.9. The van der Waals surface area contributed by atoms with Gasteiger partial charge in [0.25, 0.3) is 0 Å². The molecule has 0 unspecified atom stereocenters. The lowest BCUT2D eigenvalue weighted by Gasteiger charge is -2.39. The molecule has 5 nitrogen and oxygen atoms in total. The third kappa shape index (κ3) is 4.86. The zero-order valence-corrected chi connectivity index (χ0v) is 18.9. The van der Waals surface area contributed by atoms with Gasteiger partial charge < -0.3 is 9.90 Å². The van der Waals surface area contributed by atoms with E-state index < -0.39 is 35.0 Å². The summed E-state index contributed by atoms with van der Waals surface area (Å²) in [6.07, 6.45) is -1.92. The third-order valence-corrected chi connectivity index (χ3v) is 4.88. The van der Waals surface area contributed by atoms with E-state index in [2.05, 4.69) is 0 Å². The summed E-state index contributed by atoms with van der Waals surface area (Å²) in [5, 5.41) is 11.7. The molecular formula is C18H15F2I2N2O3-. The summed E-state index contributed by atoms with van der Waals surface area (Å²) in [7, 11) is 0. The lowest BCUT2D eigenvalue weighted by molar-refractivity contribution is -0.245. The first-order chi connectivity index (χ1) is 12.4. The van der Waals surface area contributed by atoms with Crippen LogP contribution >= 0.6 is 45.2 Å². The molecule has 9 heteroatoms. The maximum absolute atomic E-state index is 14.5. The van der Waals surface area contributed by atoms with Crippen LogP contribution in [-0.4, -0.2) is 17.7 Å². The Balaban J connectivity index is 2.63. The van der Waals surface area contributed by atoms with Gasteiger partial charge in [-0.15, -0.1) is 0 Å². The zero-order valence-electron chi connectivity index (χ0n) is 14.6. The highest BCUT2D eigenvalue weighted by molar-refractivity contribution is 14.1. The lowest BCUT2D eigenvalue weighted by Crippen LogP contribution is -2.57. The van der Waals surface area contributed by atoms with Crippen LogP contribution in [0.5, 0.6) is 0 Å². The Labute approximate surface area is 182 Å². The molecule has 2 rings (SSSR count). The molecule has 0 spiro atoms. The molecule has 0 aliphatic heterocycles. The Hall–Kier alpha value is -1.50. The lowest BCUT2D eigenvalue weighted by atomic mass is 10.0. The van der Waals surface area contributed by atoms with E-state index in [1.807, 2.05) is 45.2 Å². The van der Waals surface area contributed by atoms with Crippen LogP contribution in [0.3, 0.4) is 0 Å². The van der Waals surface area contributed by atoms with Gasteiger partial charge in [-0.2, -0.15) is 0 Å². The van der Waals surface area contributed by atoms with Crippen LogP contribution in [0.4, 0.5) is 29.7 Å². The predicted molar refractivity (Wildman–Crippen MR) is 114 cm³/mol. The number of benzene rings is 2. The van der Waals surface area contributed by atoms with Gasteiger partial charge in [-0.1, -0.05) is 0 Å². The maximum Gasteiger partial charge on any atom is 0.335 e. The number of amides is 3. The maximum atomic E-state index is 14.5. The summed E-state index contributed by atoms with van der Waals surface area (Å²) < 4.78 is 30.0. The van der Waals surface area contributed by atoms with E-state index in [1.54, 1.807) is 26.8 Å². The fourth-order valence-electron chi connectivity index (χ4n) is 2.46. The minimum atomic E-state index is -1.92. The fourth-order valence-corrected chi connectivity index (χ4v) is 3.36. The second-order valence-corrected chi connectivity index (χ2v) is 9.07. The average Bonchev–Trinajstić information content (AvgIpc) is 2.50. The van der Waals surface area contributed by atoms with Crippen LogP contribution in [0.2, 0.25) is 0 Å². The molecule has 2 aromatic rings. The Morgan fingerprint density at radius 3 is 1.74 bits per heavy atom. The normalized spacial score (nSPS) is 11.2. The number of nitrogens with zero attached hydrogens (tertiary/aromatic N) is 2. The van der Waals surface area contributed by atoms with Gasteiger partial charge >= 0.3 is 6.03 Å². The molecule has 27 heavy (non-hydrogen) atoms. The van der Waals surface area contributed by atoms with Crippen molar-refractivity contribution in [1.82, 2.24) is 0 Å². The molecule has 0 saturated heterocycles. The van der Waals surface area contributed by atoms with Crippen molar-refractivity contribution in [3.63, 3.8) is 0 Å². The van der Waals surface area contributed by atoms with Gasteiger partial charge in [-0.3, -0.25) is 4.90 Å². The fraction of sp³-hybridized carbons (Fsp3) is 0.222. The Morgan fingerprint density at radius 1 is 0.926 bits per heavy atom. The van der Waals surface area contributed by atoms with E-state index in [1.165, 1.54) is 18.2 Å². The zero-order chi connectivity index (χ0) is 20.5. The van der Waals surface area contributed by atoms with Crippen LogP contribution in [-0.2, 0) is 0 Å². The molecule has 144 valence electrons. The van der Waals surface area contributed by atoms with Crippen molar-refractivity contribution in [3.05, 3.63) is 55.2 Å². The molecule has 0 radical (unpaired) electrons. The van der Waals surface area contributed by atoms with Crippen LogP contribution in [0.15, 0.2) is 36.4 Å². The molecule has 0 heterocycles. The molecule has 3 amide bonds.